The molecule has 1 N–H and O–H groups in total. The largest absolute Gasteiger partial charge is 0.312 e. The highest BCUT2D eigenvalue weighted by Gasteiger charge is 2.08. The molecule has 0 aliphatic heterocycles. The van der Waals surface area contributed by atoms with Gasteiger partial charge in [-0.15, -0.1) is 0 Å². The second-order valence-corrected chi connectivity index (χ2v) is 7.04. The summed E-state index contributed by atoms with van der Waals surface area (Å²) in [5, 5.41) is 4.06. The van der Waals surface area contributed by atoms with Gasteiger partial charge in [-0.3, -0.25) is 4.21 Å². The molecule has 0 radical (unpaired) electrons. The molecule has 1 unspecified atom stereocenters. The van der Waals surface area contributed by atoms with E-state index in [1.165, 1.54) is 0 Å². The van der Waals surface area contributed by atoms with E-state index in [9.17, 15) is 4.21 Å². The molecule has 1 rings (SSSR count). The second kappa shape index (κ2) is 6.53. The fourth-order valence-corrected chi connectivity index (χ4v) is 2.58. The number of rotatable bonds is 5. The first-order valence-corrected chi connectivity index (χ1v) is 7.47. The van der Waals surface area contributed by atoms with Crippen LogP contribution in [0.5, 0.6) is 0 Å². The molecule has 1 aromatic rings. The Morgan fingerprint density at radius 2 is 1.82 bits per heavy atom. The van der Waals surface area contributed by atoms with Crippen LogP contribution in [0, 0.1) is 0 Å². The lowest BCUT2D eigenvalue weighted by atomic mass is 10.1. The summed E-state index contributed by atoms with van der Waals surface area (Å²) in [4.78, 5) is 0.852. The number of hydrogen-bond donors (Lipinski definition) is 1. The standard InChI is InChI=1S/C13H20ClNOS/c1-13(2,3)15-9-4-10-17(16)12-7-5-11(14)6-8-12/h5-8,15H,4,9-10H2,1-3H3. The topological polar surface area (TPSA) is 29.1 Å². The Bertz CT molecular complexity index is 370. The van der Waals surface area contributed by atoms with Gasteiger partial charge in [0.25, 0.3) is 0 Å². The molecule has 1 aromatic carbocycles. The molecule has 0 aromatic heterocycles. The summed E-state index contributed by atoms with van der Waals surface area (Å²) in [5.41, 5.74) is 0.127. The highest BCUT2D eigenvalue weighted by atomic mass is 35.5. The predicted octanol–water partition coefficient (Wildman–Crippen LogP) is 3.23. The van der Waals surface area contributed by atoms with Crippen molar-refractivity contribution in [3.8, 4) is 0 Å². The molecule has 4 heteroatoms. The summed E-state index contributed by atoms with van der Waals surface area (Å²) < 4.78 is 11.9. The minimum absolute atomic E-state index is 0.127. The van der Waals surface area contributed by atoms with Gasteiger partial charge < -0.3 is 5.32 Å². The Morgan fingerprint density at radius 1 is 1.24 bits per heavy atom. The Kier molecular flexibility index (Phi) is 5.63. The van der Waals surface area contributed by atoms with E-state index < -0.39 is 10.8 Å². The van der Waals surface area contributed by atoms with Crippen molar-refractivity contribution in [2.45, 2.75) is 37.6 Å². The summed E-state index contributed by atoms with van der Waals surface area (Å²) in [7, 11) is -0.919. The Hall–Kier alpha value is -0.380. The van der Waals surface area contributed by atoms with E-state index in [-0.39, 0.29) is 5.54 Å². The van der Waals surface area contributed by atoms with Gasteiger partial charge in [0.15, 0.2) is 0 Å². The van der Waals surface area contributed by atoms with Crippen molar-refractivity contribution >= 4 is 22.4 Å². The van der Waals surface area contributed by atoms with Crippen LogP contribution in [0.15, 0.2) is 29.2 Å². The smallest absolute Gasteiger partial charge is 0.0529 e. The van der Waals surface area contributed by atoms with Crippen LogP contribution in [0.25, 0.3) is 0 Å². The van der Waals surface area contributed by atoms with Crippen LogP contribution in [-0.2, 0) is 10.8 Å². The van der Waals surface area contributed by atoms with Gasteiger partial charge in [-0.05, 0) is 58.0 Å². The van der Waals surface area contributed by atoms with Gasteiger partial charge in [-0.25, -0.2) is 0 Å². The highest BCUT2D eigenvalue weighted by molar-refractivity contribution is 7.85. The van der Waals surface area contributed by atoms with Crippen LogP contribution in [-0.4, -0.2) is 22.0 Å². The van der Waals surface area contributed by atoms with Gasteiger partial charge in [-0.2, -0.15) is 0 Å². The molecule has 0 saturated carbocycles. The zero-order chi connectivity index (χ0) is 12.9. The second-order valence-electron chi connectivity index (χ2n) is 5.03. The molecule has 0 fully saturated rings. The first-order valence-electron chi connectivity index (χ1n) is 5.77. The predicted molar refractivity (Wildman–Crippen MR) is 75.1 cm³/mol. The third-order valence-corrected chi connectivity index (χ3v) is 3.95. The average molecular weight is 274 g/mol. The molecule has 1 atom stereocenters. The molecule has 0 aliphatic carbocycles. The first-order chi connectivity index (χ1) is 7.88. The van der Waals surface area contributed by atoms with Crippen LogP contribution in [0.3, 0.4) is 0 Å². The molecule has 0 amide bonds. The van der Waals surface area contributed by atoms with Crippen molar-refractivity contribution in [2.75, 3.05) is 12.3 Å². The molecular weight excluding hydrogens is 254 g/mol. The zero-order valence-electron chi connectivity index (χ0n) is 10.6. The summed E-state index contributed by atoms with van der Waals surface area (Å²) in [5.74, 6) is 0.685. The Balaban J connectivity index is 2.33. The van der Waals surface area contributed by atoms with Crippen LogP contribution in [0.1, 0.15) is 27.2 Å². The fraction of sp³-hybridized carbons (Fsp3) is 0.538. The van der Waals surface area contributed by atoms with Crippen molar-refractivity contribution in [3.05, 3.63) is 29.3 Å². The van der Waals surface area contributed by atoms with Crippen LogP contribution in [0.4, 0.5) is 0 Å². The molecular formula is C13H20ClNOS. The molecule has 0 bridgehead atoms. The quantitative estimate of drug-likeness (QED) is 0.835. The van der Waals surface area contributed by atoms with Gasteiger partial charge >= 0.3 is 0 Å². The number of halogens is 1. The van der Waals surface area contributed by atoms with E-state index in [4.69, 9.17) is 11.6 Å². The van der Waals surface area contributed by atoms with E-state index in [2.05, 4.69) is 26.1 Å². The van der Waals surface area contributed by atoms with Crippen molar-refractivity contribution in [2.24, 2.45) is 0 Å². The Morgan fingerprint density at radius 3 is 2.35 bits per heavy atom. The lowest BCUT2D eigenvalue weighted by Gasteiger charge is -2.20. The molecule has 0 aliphatic rings. The van der Waals surface area contributed by atoms with Crippen molar-refractivity contribution in [1.82, 2.24) is 5.32 Å². The first kappa shape index (κ1) is 14.7. The molecule has 0 spiro atoms. The third kappa shape index (κ3) is 6.20. The van der Waals surface area contributed by atoms with E-state index in [1.807, 2.05) is 12.1 Å². The van der Waals surface area contributed by atoms with Crippen LogP contribution >= 0.6 is 11.6 Å². The summed E-state index contributed by atoms with van der Waals surface area (Å²) in [6, 6.07) is 7.22. The van der Waals surface area contributed by atoms with E-state index >= 15 is 0 Å². The molecule has 2 nitrogen and oxygen atoms in total. The average Bonchev–Trinajstić information content (AvgIpc) is 2.24. The maximum absolute atomic E-state index is 11.9. The van der Waals surface area contributed by atoms with Gasteiger partial charge in [0.05, 0.1) is 10.8 Å². The highest BCUT2D eigenvalue weighted by Crippen LogP contribution is 2.13. The van der Waals surface area contributed by atoms with Crippen molar-refractivity contribution < 1.29 is 4.21 Å². The lowest BCUT2D eigenvalue weighted by molar-refractivity contribution is 0.427. The summed E-state index contributed by atoms with van der Waals surface area (Å²) in [6.45, 7) is 7.28. The van der Waals surface area contributed by atoms with Gasteiger partial charge in [0, 0.05) is 21.2 Å². The SMILES string of the molecule is CC(C)(C)NCCCS(=O)c1ccc(Cl)cc1. The monoisotopic (exact) mass is 273 g/mol. The summed E-state index contributed by atoms with van der Waals surface area (Å²) >= 11 is 5.78. The minimum atomic E-state index is -0.919. The van der Waals surface area contributed by atoms with E-state index in [0.717, 1.165) is 17.9 Å². The molecule has 96 valence electrons. The van der Waals surface area contributed by atoms with Crippen LogP contribution in [0.2, 0.25) is 5.02 Å². The molecule has 0 saturated heterocycles. The van der Waals surface area contributed by atoms with Crippen LogP contribution < -0.4 is 5.32 Å². The van der Waals surface area contributed by atoms with E-state index in [0.29, 0.717) is 10.8 Å². The van der Waals surface area contributed by atoms with Gasteiger partial charge in [-0.1, -0.05) is 11.6 Å². The lowest BCUT2D eigenvalue weighted by Crippen LogP contribution is -2.36. The van der Waals surface area contributed by atoms with Crippen molar-refractivity contribution in [1.29, 1.82) is 0 Å². The zero-order valence-corrected chi connectivity index (χ0v) is 12.2. The molecule has 17 heavy (non-hydrogen) atoms. The third-order valence-electron chi connectivity index (χ3n) is 2.24. The van der Waals surface area contributed by atoms with Crippen molar-refractivity contribution in [3.63, 3.8) is 0 Å². The number of benzene rings is 1. The number of hydrogen-bond acceptors (Lipinski definition) is 2. The van der Waals surface area contributed by atoms with Gasteiger partial charge in [0.2, 0.25) is 0 Å². The molecule has 0 heterocycles. The maximum atomic E-state index is 11.9. The Labute approximate surface area is 111 Å². The maximum Gasteiger partial charge on any atom is 0.0529 e. The fourth-order valence-electron chi connectivity index (χ4n) is 1.37. The minimum Gasteiger partial charge on any atom is -0.312 e. The van der Waals surface area contributed by atoms with Gasteiger partial charge in [0.1, 0.15) is 0 Å². The summed E-state index contributed by atoms with van der Waals surface area (Å²) in [6.07, 6.45) is 0.909. The van der Waals surface area contributed by atoms with E-state index in [1.54, 1.807) is 12.1 Å². The normalized spacial score (nSPS) is 13.6. The number of nitrogens with one attached hydrogen (secondary N) is 1.